The number of pyridine rings is 1. The molecule has 4 aromatic rings. The number of benzene rings is 2. The van der Waals surface area contributed by atoms with Gasteiger partial charge in [-0.2, -0.15) is 0 Å². The second-order valence-corrected chi connectivity index (χ2v) is 11.6. The van der Waals surface area contributed by atoms with Crippen molar-refractivity contribution in [2.45, 2.75) is 57.4 Å². The summed E-state index contributed by atoms with van der Waals surface area (Å²) in [6.07, 6.45) is 3.57. The molecule has 0 N–H and O–H groups in total. The minimum atomic E-state index is -0.388. The lowest BCUT2D eigenvalue weighted by atomic mass is 9.93. The number of nitrogens with zero attached hydrogens (tertiary/aromatic N) is 4. The first-order chi connectivity index (χ1) is 19.9. The van der Waals surface area contributed by atoms with Crippen LogP contribution in [0, 0.1) is 11.7 Å². The van der Waals surface area contributed by atoms with Gasteiger partial charge in [0.25, 0.3) is 5.91 Å². The van der Waals surface area contributed by atoms with Crippen molar-refractivity contribution >= 4 is 23.0 Å². The lowest BCUT2D eigenvalue weighted by molar-refractivity contribution is -0.144. The topological polar surface area (TPSA) is 77.3 Å². The van der Waals surface area contributed by atoms with Crippen LogP contribution in [0.25, 0.3) is 22.6 Å². The molecule has 210 valence electrons. The molecule has 3 heterocycles. The Kier molecular flexibility index (Phi) is 6.17. The van der Waals surface area contributed by atoms with E-state index in [-0.39, 0.29) is 35.6 Å². The molecule has 0 saturated heterocycles. The van der Waals surface area contributed by atoms with E-state index in [0.29, 0.717) is 48.2 Å². The number of rotatable bonds is 6. The monoisotopic (exact) mass is 552 g/mol. The highest BCUT2D eigenvalue weighted by atomic mass is 19.1. The summed E-state index contributed by atoms with van der Waals surface area (Å²) < 4.78 is 22.5. The normalized spacial score (nSPS) is 21.6. The molecule has 41 heavy (non-hydrogen) atoms. The second kappa shape index (κ2) is 9.79. The first-order valence-electron chi connectivity index (χ1n) is 14.6. The van der Waals surface area contributed by atoms with Crippen molar-refractivity contribution in [2.24, 2.45) is 13.0 Å². The molecule has 2 aromatic heterocycles. The molecule has 3 atom stereocenters. The number of aryl methyl sites for hydroxylation is 1. The molecule has 7 rings (SSSR count). The highest BCUT2D eigenvalue weighted by molar-refractivity contribution is 5.96. The number of imidazole rings is 1. The van der Waals surface area contributed by atoms with E-state index in [1.807, 2.05) is 36.2 Å². The van der Waals surface area contributed by atoms with Gasteiger partial charge in [0.05, 0.1) is 24.1 Å². The van der Waals surface area contributed by atoms with Gasteiger partial charge in [0.15, 0.2) is 5.65 Å². The summed E-state index contributed by atoms with van der Waals surface area (Å²) in [6.45, 7) is 4.84. The van der Waals surface area contributed by atoms with Crippen molar-refractivity contribution < 1.29 is 18.7 Å². The SMILES string of the molecule is CCOC(=O)C1CC1c1ccc(-c2nc3c(C4CC4)cc(C(=O)N4CCc5ccccc5[C@H]4C)nc3n2C)c(F)c1. The maximum Gasteiger partial charge on any atom is 0.309 e. The average molecular weight is 553 g/mol. The molecule has 2 aromatic carbocycles. The van der Waals surface area contributed by atoms with Gasteiger partial charge in [0.2, 0.25) is 0 Å². The number of amides is 1. The van der Waals surface area contributed by atoms with Gasteiger partial charge in [0, 0.05) is 13.6 Å². The summed E-state index contributed by atoms with van der Waals surface area (Å²) in [5.41, 5.74) is 6.37. The number of carbonyl (C=O) groups excluding carboxylic acids is 2. The lowest BCUT2D eigenvalue weighted by Crippen LogP contribution is -2.39. The molecule has 8 heteroatoms. The van der Waals surface area contributed by atoms with Gasteiger partial charge in [-0.3, -0.25) is 9.59 Å². The zero-order chi connectivity index (χ0) is 28.4. The van der Waals surface area contributed by atoms with Gasteiger partial charge < -0.3 is 14.2 Å². The molecule has 3 aliphatic rings. The van der Waals surface area contributed by atoms with Gasteiger partial charge in [-0.25, -0.2) is 14.4 Å². The minimum Gasteiger partial charge on any atom is -0.466 e. The Morgan fingerprint density at radius 3 is 2.63 bits per heavy atom. The van der Waals surface area contributed by atoms with E-state index in [1.165, 1.54) is 17.2 Å². The van der Waals surface area contributed by atoms with Crippen LogP contribution in [0.15, 0.2) is 48.5 Å². The van der Waals surface area contributed by atoms with Crippen LogP contribution < -0.4 is 0 Å². The molecule has 2 aliphatic carbocycles. The van der Waals surface area contributed by atoms with Crippen LogP contribution in [-0.4, -0.2) is 44.5 Å². The average Bonchev–Trinajstić information content (AvgIpc) is 3.90. The Labute approximate surface area is 238 Å². The number of fused-ring (bicyclic) bond motifs is 2. The highest BCUT2D eigenvalue weighted by Crippen LogP contribution is 2.49. The van der Waals surface area contributed by atoms with Crippen LogP contribution in [0.2, 0.25) is 0 Å². The molecule has 0 spiro atoms. The highest BCUT2D eigenvalue weighted by Gasteiger charge is 2.45. The van der Waals surface area contributed by atoms with Crippen molar-refractivity contribution in [3.63, 3.8) is 0 Å². The third-order valence-corrected chi connectivity index (χ3v) is 8.99. The largest absolute Gasteiger partial charge is 0.466 e. The molecular weight excluding hydrogens is 519 g/mol. The number of hydrogen-bond donors (Lipinski definition) is 0. The number of aromatic nitrogens is 3. The van der Waals surface area contributed by atoms with Crippen LogP contribution >= 0.6 is 0 Å². The lowest BCUT2D eigenvalue weighted by Gasteiger charge is -2.35. The van der Waals surface area contributed by atoms with E-state index in [1.54, 1.807) is 17.6 Å². The Hall–Kier alpha value is -4.07. The molecule has 1 amide bonds. The van der Waals surface area contributed by atoms with Crippen LogP contribution in [0.4, 0.5) is 4.39 Å². The van der Waals surface area contributed by atoms with Gasteiger partial charge in [-0.1, -0.05) is 30.3 Å². The molecule has 2 fully saturated rings. The molecule has 2 unspecified atom stereocenters. The summed E-state index contributed by atoms with van der Waals surface area (Å²) in [6, 6.07) is 15.3. The Morgan fingerprint density at radius 1 is 1.07 bits per heavy atom. The van der Waals surface area contributed by atoms with Crippen molar-refractivity contribution in [3.8, 4) is 11.4 Å². The van der Waals surface area contributed by atoms with Crippen molar-refractivity contribution in [2.75, 3.05) is 13.2 Å². The molecule has 0 radical (unpaired) electrons. The summed E-state index contributed by atoms with van der Waals surface area (Å²) in [4.78, 5) is 37.6. The van der Waals surface area contributed by atoms with Crippen LogP contribution in [0.5, 0.6) is 0 Å². The van der Waals surface area contributed by atoms with Gasteiger partial charge >= 0.3 is 5.97 Å². The number of ether oxygens (including phenoxy) is 1. The molecule has 0 bridgehead atoms. The third-order valence-electron chi connectivity index (χ3n) is 8.99. The van der Waals surface area contributed by atoms with Crippen molar-refractivity contribution in [1.82, 2.24) is 19.4 Å². The molecule has 2 saturated carbocycles. The summed E-state index contributed by atoms with van der Waals surface area (Å²) in [5.74, 6) is -0.107. The number of hydrogen-bond acceptors (Lipinski definition) is 5. The van der Waals surface area contributed by atoms with Gasteiger partial charge in [-0.15, -0.1) is 0 Å². The van der Waals surface area contributed by atoms with Gasteiger partial charge in [0.1, 0.15) is 22.9 Å². The fourth-order valence-electron chi connectivity index (χ4n) is 6.44. The standard InChI is InChI=1S/C33H33FN4O3/c1-4-41-33(40)26-16-24(26)21-11-12-23(27(34)15-21)30-36-29-25(20-9-10-20)17-28(35-31(29)37(30)3)32(39)38-14-13-19-7-5-6-8-22(19)18(38)2/h5-8,11-12,15,17-18,20,24,26H,4,9-10,13-14,16H2,1-3H3/t18-,24?,26?/m1/s1. The van der Waals surface area contributed by atoms with E-state index in [2.05, 4.69) is 19.1 Å². The van der Waals surface area contributed by atoms with Gasteiger partial charge in [-0.05, 0) is 91.8 Å². The fourth-order valence-corrected chi connectivity index (χ4v) is 6.44. The molecule has 1 aliphatic heterocycles. The Balaban J connectivity index is 1.23. The Morgan fingerprint density at radius 2 is 1.88 bits per heavy atom. The van der Waals surface area contributed by atoms with E-state index in [4.69, 9.17) is 14.7 Å². The number of esters is 1. The smallest absolute Gasteiger partial charge is 0.309 e. The quantitative estimate of drug-likeness (QED) is 0.271. The van der Waals surface area contributed by atoms with E-state index < -0.39 is 0 Å². The molecule has 7 nitrogen and oxygen atoms in total. The van der Waals surface area contributed by atoms with Crippen molar-refractivity contribution in [1.29, 1.82) is 0 Å². The van der Waals surface area contributed by atoms with E-state index in [9.17, 15) is 9.59 Å². The van der Waals surface area contributed by atoms with E-state index in [0.717, 1.165) is 35.9 Å². The fraction of sp³-hybridized carbons (Fsp3) is 0.394. The zero-order valence-corrected chi connectivity index (χ0v) is 23.6. The van der Waals surface area contributed by atoms with E-state index >= 15 is 4.39 Å². The maximum atomic E-state index is 15.5. The predicted octanol–water partition coefficient (Wildman–Crippen LogP) is 6.08. The zero-order valence-electron chi connectivity index (χ0n) is 23.6. The number of carbonyl (C=O) groups is 2. The second-order valence-electron chi connectivity index (χ2n) is 11.6. The first-order valence-corrected chi connectivity index (χ1v) is 14.6. The molecular formula is C33H33FN4O3. The van der Waals surface area contributed by atoms with Crippen LogP contribution in [0.1, 0.15) is 83.7 Å². The summed E-state index contributed by atoms with van der Waals surface area (Å²) in [5, 5.41) is 0. The first kappa shape index (κ1) is 25.9. The third kappa shape index (κ3) is 4.40. The maximum absolute atomic E-state index is 15.5. The minimum absolute atomic E-state index is 0.0149. The van der Waals surface area contributed by atoms with Crippen molar-refractivity contribution in [3.05, 3.63) is 82.3 Å². The van der Waals surface area contributed by atoms with Crippen LogP contribution in [-0.2, 0) is 23.0 Å². The Bertz CT molecular complexity index is 1710. The summed E-state index contributed by atoms with van der Waals surface area (Å²) >= 11 is 0. The van der Waals surface area contributed by atoms with Crippen LogP contribution in [0.3, 0.4) is 0 Å². The number of halogens is 1. The summed E-state index contributed by atoms with van der Waals surface area (Å²) in [7, 11) is 1.83. The predicted molar refractivity (Wildman–Crippen MR) is 153 cm³/mol.